The monoisotopic (exact) mass is 369 g/mol. The number of para-hydroxylation sites is 1. The largest absolute Gasteiger partial charge is 0.355 e. The summed E-state index contributed by atoms with van der Waals surface area (Å²) in [4.78, 5) is 16.7. The Morgan fingerprint density at radius 3 is 2.76 bits per heavy atom. The molecular formula is C18H12ClN3O2S. The molecule has 0 unspecified atom stereocenters. The molecule has 0 aliphatic heterocycles. The van der Waals surface area contributed by atoms with E-state index in [1.165, 1.54) is 0 Å². The lowest BCUT2D eigenvalue weighted by Gasteiger charge is -1.98. The number of nitrogens with zero attached hydrogens (tertiary/aromatic N) is 2. The Balaban J connectivity index is 1.45. The van der Waals surface area contributed by atoms with Crippen molar-refractivity contribution in [2.75, 3.05) is 0 Å². The van der Waals surface area contributed by atoms with Crippen LogP contribution < -0.4 is 5.32 Å². The van der Waals surface area contributed by atoms with Crippen LogP contribution >= 0.6 is 22.9 Å². The van der Waals surface area contributed by atoms with Crippen LogP contribution in [-0.4, -0.2) is 16.0 Å². The Hall–Kier alpha value is -2.70. The topological polar surface area (TPSA) is 68.0 Å². The fourth-order valence-corrected chi connectivity index (χ4v) is 3.41. The minimum Gasteiger partial charge on any atom is -0.355 e. The van der Waals surface area contributed by atoms with Gasteiger partial charge in [-0.25, -0.2) is 4.98 Å². The molecule has 4 aromatic rings. The van der Waals surface area contributed by atoms with Crippen molar-refractivity contribution in [1.82, 2.24) is 15.5 Å². The quantitative estimate of drug-likeness (QED) is 0.573. The molecule has 1 N–H and O–H groups in total. The molecule has 0 spiro atoms. The van der Waals surface area contributed by atoms with E-state index in [-0.39, 0.29) is 11.6 Å². The van der Waals surface area contributed by atoms with Gasteiger partial charge in [0.2, 0.25) is 0 Å². The molecule has 2 heterocycles. The molecule has 1 amide bonds. The number of hydrogen-bond acceptors (Lipinski definition) is 5. The van der Waals surface area contributed by atoms with Crippen molar-refractivity contribution >= 4 is 39.1 Å². The first-order valence-corrected chi connectivity index (χ1v) is 8.74. The number of hydrogen-bond donors (Lipinski definition) is 1. The fraction of sp³-hybridized carbons (Fsp3) is 0.0556. The maximum atomic E-state index is 12.3. The molecular weight excluding hydrogens is 358 g/mol. The van der Waals surface area contributed by atoms with Gasteiger partial charge in [0.1, 0.15) is 5.01 Å². The minimum atomic E-state index is -0.303. The summed E-state index contributed by atoms with van der Waals surface area (Å²) in [5.74, 6) is 0.213. The summed E-state index contributed by atoms with van der Waals surface area (Å²) in [6.45, 7) is 0.349. The Labute approximate surface area is 152 Å². The normalized spacial score (nSPS) is 10.9. The predicted octanol–water partition coefficient (Wildman–Crippen LogP) is 4.53. The third-order valence-electron chi connectivity index (χ3n) is 3.61. The van der Waals surface area contributed by atoms with Crippen LogP contribution in [0.25, 0.3) is 21.5 Å². The van der Waals surface area contributed by atoms with Crippen LogP contribution in [-0.2, 0) is 6.54 Å². The number of fused-ring (bicyclic) bond motifs is 1. The Morgan fingerprint density at radius 2 is 1.96 bits per heavy atom. The van der Waals surface area contributed by atoms with Gasteiger partial charge in [0.15, 0.2) is 11.5 Å². The van der Waals surface area contributed by atoms with Crippen LogP contribution in [0.2, 0.25) is 5.02 Å². The summed E-state index contributed by atoms with van der Waals surface area (Å²) < 4.78 is 6.34. The molecule has 0 aliphatic carbocycles. The molecule has 7 heteroatoms. The molecule has 0 saturated heterocycles. The van der Waals surface area contributed by atoms with Crippen molar-refractivity contribution < 1.29 is 9.32 Å². The number of nitrogens with one attached hydrogen (secondary N) is 1. The number of halogens is 1. The molecule has 0 bridgehead atoms. The SMILES string of the molecule is O=C(NCc1nc2ccccc2s1)c1cc(-c2ccc(Cl)cc2)on1. The van der Waals surface area contributed by atoms with E-state index in [0.717, 1.165) is 20.8 Å². The van der Waals surface area contributed by atoms with E-state index < -0.39 is 0 Å². The summed E-state index contributed by atoms with van der Waals surface area (Å²) in [5.41, 5.74) is 1.97. The van der Waals surface area contributed by atoms with E-state index in [0.29, 0.717) is 17.3 Å². The highest BCUT2D eigenvalue weighted by Crippen LogP contribution is 2.23. The fourth-order valence-electron chi connectivity index (χ4n) is 2.37. The highest BCUT2D eigenvalue weighted by atomic mass is 35.5. The molecule has 0 atom stereocenters. The second kappa shape index (κ2) is 6.66. The van der Waals surface area contributed by atoms with E-state index in [1.54, 1.807) is 29.5 Å². The lowest BCUT2D eigenvalue weighted by molar-refractivity contribution is 0.0942. The van der Waals surface area contributed by atoms with Crippen LogP contribution in [0.3, 0.4) is 0 Å². The molecule has 4 rings (SSSR count). The second-order valence-electron chi connectivity index (χ2n) is 5.34. The lowest BCUT2D eigenvalue weighted by Crippen LogP contribution is -2.22. The zero-order valence-electron chi connectivity index (χ0n) is 12.9. The van der Waals surface area contributed by atoms with Crippen molar-refractivity contribution in [3.63, 3.8) is 0 Å². The first-order valence-electron chi connectivity index (χ1n) is 7.54. The molecule has 25 heavy (non-hydrogen) atoms. The number of thiazole rings is 1. The second-order valence-corrected chi connectivity index (χ2v) is 6.89. The van der Waals surface area contributed by atoms with E-state index in [4.69, 9.17) is 16.1 Å². The average molecular weight is 370 g/mol. The predicted molar refractivity (Wildman–Crippen MR) is 97.7 cm³/mol. The highest BCUT2D eigenvalue weighted by Gasteiger charge is 2.14. The lowest BCUT2D eigenvalue weighted by atomic mass is 10.1. The van der Waals surface area contributed by atoms with Gasteiger partial charge in [-0.1, -0.05) is 28.9 Å². The standard InChI is InChI=1S/C18H12ClN3O2S/c19-12-7-5-11(6-8-12)15-9-14(22-24-15)18(23)20-10-17-21-13-3-1-2-4-16(13)25-17/h1-9H,10H2,(H,20,23). The van der Waals surface area contributed by atoms with Gasteiger partial charge >= 0.3 is 0 Å². The molecule has 124 valence electrons. The molecule has 0 radical (unpaired) electrons. The Morgan fingerprint density at radius 1 is 1.16 bits per heavy atom. The smallest absolute Gasteiger partial charge is 0.273 e. The highest BCUT2D eigenvalue weighted by molar-refractivity contribution is 7.18. The maximum Gasteiger partial charge on any atom is 0.273 e. The zero-order chi connectivity index (χ0) is 17.2. The summed E-state index contributed by atoms with van der Waals surface area (Å²) in [6, 6.07) is 16.6. The summed E-state index contributed by atoms with van der Waals surface area (Å²) >= 11 is 7.42. The number of rotatable bonds is 4. The van der Waals surface area contributed by atoms with Gasteiger partial charge in [-0.2, -0.15) is 0 Å². The third kappa shape index (κ3) is 3.40. The van der Waals surface area contributed by atoms with Crippen molar-refractivity contribution in [3.05, 3.63) is 70.3 Å². The third-order valence-corrected chi connectivity index (χ3v) is 4.90. The van der Waals surface area contributed by atoms with E-state index in [1.807, 2.05) is 36.4 Å². The van der Waals surface area contributed by atoms with E-state index >= 15 is 0 Å². The number of benzene rings is 2. The van der Waals surface area contributed by atoms with Crippen LogP contribution in [0.4, 0.5) is 0 Å². The molecule has 0 fully saturated rings. The number of aromatic nitrogens is 2. The van der Waals surface area contributed by atoms with Gasteiger partial charge in [-0.15, -0.1) is 11.3 Å². The Kier molecular flexibility index (Phi) is 4.21. The van der Waals surface area contributed by atoms with Crippen molar-refractivity contribution in [2.24, 2.45) is 0 Å². The Bertz CT molecular complexity index is 1010. The van der Waals surface area contributed by atoms with Crippen LogP contribution in [0.1, 0.15) is 15.5 Å². The number of carbonyl (C=O) groups is 1. The zero-order valence-corrected chi connectivity index (χ0v) is 14.5. The van der Waals surface area contributed by atoms with Crippen molar-refractivity contribution in [2.45, 2.75) is 6.54 Å². The first kappa shape index (κ1) is 15.8. The van der Waals surface area contributed by atoms with Gasteiger partial charge in [0.25, 0.3) is 5.91 Å². The van der Waals surface area contributed by atoms with Gasteiger partial charge in [0.05, 0.1) is 16.8 Å². The number of amides is 1. The van der Waals surface area contributed by atoms with Crippen molar-refractivity contribution in [1.29, 1.82) is 0 Å². The summed E-state index contributed by atoms with van der Waals surface area (Å²) in [5, 5.41) is 8.13. The number of carbonyl (C=O) groups excluding carboxylic acids is 1. The van der Waals surface area contributed by atoms with E-state index in [2.05, 4.69) is 15.5 Å². The van der Waals surface area contributed by atoms with Crippen LogP contribution in [0, 0.1) is 0 Å². The average Bonchev–Trinajstić information content (AvgIpc) is 3.27. The molecule has 0 aliphatic rings. The van der Waals surface area contributed by atoms with Crippen LogP contribution in [0.5, 0.6) is 0 Å². The van der Waals surface area contributed by atoms with Gasteiger partial charge in [-0.3, -0.25) is 4.79 Å². The molecule has 5 nitrogen and oxygen atoms in total. The van der Waals surface area contributed by atoms with Crippen LogP contribution in [0.15, 0.2) is 59.1 Å². The maximum absolute atomic E-state index is 12.3. The molecule has 0 saturated carbocycles. The first-order chi connectivity index (χ1) is 12.2. The summed E-state index contributed by atoms with van der Waals surface area (Å²) in [6.07, 6.45) is 0. The summed E-state index contributed by atoms with van der Waals surface area (Å²) in [7, 11) is 0. The van der Waals surface area contributed by atoms with Gasteiger partial charge in [0, 0.05) is 16.7 Å². The molecule has 2 aromatic carbocycles. The minimum absolute atomic E-state index is 0.228. The van der Waals surface area contributed by atoms with Gasteiger partial charge in [-0.05, 0) is 36.4 Å². The van der Waals surface area contributed by atoms with Crippen molar-refractivity contribution in [3.8, 4) is 11.3 Å². The van der Waals surface area contributed by atoms with E-state index in [9.17, 15) is 4.79 Å². The molecule has 2 aromatic heterocycles. The van der Waals surface area contributed by atoms with Gasteiger partial charge < -0.3 is 9.84 Å².